The lowest BCUT2D eigenvalue weighted by atomic mass is 9.97. The zero-order valence-electron chi connectivity index (χ0n) is 21.4. The molecule has 186 valence electrons. The standard InChI is InChI=1S/C28H37N5O2/c1-5-26(34)29-22-16-23(28(35)31(3)18-21-13-10-14-33(6-2)19-21)27-24(17-22)30-25(32(27)4)15-20-11-8-7-9-12-20/h7-9,11-12,16-17,21H,5-6,10,13-15,18-19H2,1-4H3,(H,29,34)/t21-/m0/s1. The smallest absolute Gasteiger partial charge is 0.255 e. The van der Waals surface area contributed by atoms with Crippen LogP contribution in [-0.4, -0.2) is 64.4 Å². The second-order valence-electron chi connectivity index (χ2n) is 9.63. The van der Waals surface area contributed by atoms with E-state index in [-0.39, 0.29) is 11.8 Å². The quantitative estimate of drug-likeness (QED) is 0.527. The molecule has 3 aromatic rings. The Bertz CT molecular complexity index is 1190. The Balaban J connectivity index is 1.68. The minimum atomic E-state index is -0.0848. The van der Waals surface area contributed by atoms with Crippen LogP contribution in [0.3, 0.4) is 0 Å². The highest BCUT2D eigenvalue weighted by atomic mass is 16.2. The van der Waals surface area contributed by atoms with Crippen LogP contribution in [0.25, 0.3) is 11.0 Å². The molecule has 0 spiro atoms. The first-order valence-corrected chi connectivity index (χ1v) is 12.7. The number of piperidine rings is 1. The Morgan fingerprint density at radius 2 is 1.94 bits per heavy atom. The van der Waals surface area contributed by atoms with E-state index in [2.05, 4.69) is 29.3 Å². The molecule has 2 amide bonds. The molecule has 0 radical (unpaired) electrons. The number of carbonyl (C=O) groups excluding carboxylic acids is 2. The van der Waals surface area contributed by atoms with Gasteiger partial charge in [-0.05, 0) is 49.5 Å². The predicted octanol–water partition coefficient (Wildman–Crippen LogP) is 4.32. The van der Waals surface area contributed by atoms with Crippen molar-refractivity contribution < 1.29 is 9.59 Å². The van der Waals surface area contributed by atoms with Gasteiger partial charge in [-0.2, -0.15) is 0 Å². The number of aromatic nitrogens is 2. The molecule has 1 saturated heterocycles. The van der Waals surface area contributed by atoms with E-state index in [1.165, 1.54) is 6.42 Å². The summed E-state index contributed by atoms with van der Waals surface area (Å²) in [6, 6.07) is 13.9. The molecule has 1 fully saturated rings. The zero-order chi connectivity index (χ0) is 24.9. The zero-order valence-corrected chi connectivity index (χ0v) is 21.4. The molecule has 4 rings (SSSR count). The molecular formula is C28H37N5O2. The van der Waals surface area contributed by atoms with Crippen LogP contribution in [0.5, 0.6) is 0 Å². The highest BCUT2D eigenvalue weighted by Crippen LogP contribution is 2.27. The number of aryl methyl sites for hydroxylation is 1. The van der Waals surface area contributed by atoms with Crippen LogP contribution in [0.2, 0.25) is 0 Å². The first-order chi connectivity index (χ1) is 16.9. The largest absolute Gasteiger partial charge is 0.341 e. The maximum absolute atomic E-state index is 13.8. The summed E-state index contributed by atoms with van der Waals surface area (Å²) in [5.74, 6) is 1.23. The summed E-state index contributed by atoms with van der Waals surface area (Å²) in [5, 5.41) is 2.93. The lowest BCUT2D eigenvalue weighted by Crippen LogP contribution is -2.41. The minimum absolute atomic E-state index is 0.0366. The number of imidazole rings is 1. The highest BCUT2D eigenvalue weighted by Gasteiger charge is 2.25. The maximum atomic E-state index is 13.8. The van der Waals surface area contributed by atoms with Gasteiger partial charge in [0.25, 0.3) is 5.91 Å². The van der Waals surface area contributed by atoms with Crippen molar-refractivity contribution in [2.24, 2.45) is 13.0 Å². The van der Waals surface area contributed by atoms with Crippen LogP contribution in [0, 0.1) is 5.92 Å². The van der Waals surface area contributed by atoms with Gasteiger partial charge in [-0.1, -0.05) is 44.2 Å². The van der Waals surface area contributed by atoms with Gasteiger partial charge < -0.3 is 19.7 Å². The molecule has 1 N–H and O–H groups in total. The average Bonchev–Trinajstić information content (AvgIpc) is 3.18. The predicted molar refractivity (Wildman–Crippen MR) is 141 cm³/mol. The fourth-order valence-electron chi connectivity index (χ4n) is 5.08. The van der Waals surface area contributed by atoms with Gasteiger partial charge in [0.05, 0.1) is 16.6 Å². The average molecular weight is 476 g/mol. The fourth-order valence-corrected chi connectivity index (χ4v) is 5.08. The monoisotopic (exact) mass is 475 g/mol. The Morgan fingerprint density at radius 3 is 2.66 bits per heavy atom. The molecule has 0 saturated carbocycles. The van der Waals surface area contributed by atoms with Gasteiger partial charge >= 0.3 is 0 Å². The van der Waals surface area contributed by atoms with E-state index >= 15 is 0 Å². The van der Waals surface area contributed by atoms with Crippen molar-refractivity contribution in [1.29, 1.82) is 0 Å². The fraction of sp³-hybridized carbons (Fsp3) is 0.464. The molecule has 1 aromatic heterocycles. The summed E-state index contributed by atoms with van der Waals surface area (Å²) in [4.78, 5) is 35.1. The maximum Gasteiger partial charge on any atom is 0.255 e. The molecule has 0 bridgehead atoms. The molecule has 0 aliphatic carbocycles. The van der Waals surface area contributed by atoms with Gasteiger partial charge in [-0.25, -0.2) is 4.98 Å². The first kappa shape index (κ1) is 24.9. The molecule has 7 nitrogen and oxygen atoms in total. The summed E-state index contributed by atoms with van der Waals surface area (Å²) in [7, 11) is 3.85. The molecule has 0 unspecified atom stereocenters. The van der Waals surface area contributed by atoms with E-state index in [9.17, 15) is 9.59 Å². The van der Waals surface area contributed by atoms with E-state index in [0.717, 1.165) is 55.0 Å². The van der Waals surface area contributed by atoms with E-state index in [1.807, 2.05) is 60.8 Å². The minimum Gasteiger partial charge on any atom is -0.341 e. The van der Waals surface area contributed by atoms with Crippen molar-refractivity contribution in [1.82, 2.24) is 19.4 Å². The normalized spacial score (nSPS) is 16.4. The third-order valence-electron chi connectivity index (χ3n) is 7.03. The van der Waals surface area contributed by atoms with Gasteiger partial charge in [0.15, 0.2) is 0 Å². The molecule has 1 atom stereocenters. The SMILES string of the molecule is CCC(=O)Nc1cc(C(=O)N(C)C[C@@H]2CCCN(CC)C2)c2c(c1)nc(Cc1ccccc1)n2C. The van der Waals surface area contributed by atoms with Gasteiger partial charge in [-0.15, -0.1) is 0 Å². The molecule has 1 aliphatic heterocycles. The Morgan fingerprint density at radius 1 is 1.17 bits per heavy atom. The Hall–Kier alpha value is -3.19. The van der Waals surface area contributed by atoms with E-state index in [4.69, 9.17) is 4.98 Å². The van der Waals surface area contributed by atoms with Gasteiger partial charge in [-0.3, -0.25) is 9.59 Å². The number of hydrogen-bond donors (Lipinski definition) is 1. The second kappa shape index (κ2) is 11.0. The van der Waals surface area contributed by atoms with Crippen LogP contribution < -0.4 is 5.32 Å². The molecule has 7 heteroatoms. The summed E-state index contributed by atoms with van der Waals surface area (Å²) >= 11 is 0. The summed E-state index contributed by atoms with van der Waals surface area (Å²) in [6.45, 7) is 7.95. The lowest BCUT2D eigenvalue weighted by Gasteiger charge is -2.34. The highest BCUT2D eigenvalue weighted by molar-refractivity contribution is 6.07. The van der Waals surface area contributed by atoms with E-state index < -0.39 is 0 Å². The Kier molecular flexibility index (Phi) is 7.86. The van der Waals surface area contributed by atoms with Gasteiger partial charge in [0, 0.05) is 45.7 Å². The van der Waals surface area contributed by atoms with Crippen molar-refractivity contribution in [2.75, 3.05) is 38.5 Å². The molecule has 2 heterocycles. The third-order valence-corrected chi connectivity index (χ3v) is 7.03. The number of nitrogens with zero attached hydrogens (tertiary/aromatic N) is 4. The lowest BCUT2D eigenvalue weighted by molar-refractivity contribution is -0.115. The molecule has 2 aromatic carbocycles. The Labute approximate surface area is 208 Å². The number of carbonyl (C=O) groups is 2. The number of likely N-dealkylation sites (tertiary alicyclic amines) is 1. The van der Waals surface area contributed by atoms with Crippen LogP contribution in [-0.2, 0) is 18.3 Å². The van der Waals surface area contributed by atoms with Crippen LogP contribution in [0.4, 0.5) is 5.69 Å². The second-order valence-corrected chi connectivity index (χ2v) is 9.63. The van der Waals surface area contributed by atoms with Crippen molar-refractivity contribution in [3.05, 3.63) is 59.4 Å². The summed E-state index contributed by atoms with van der Waals surface area (Å²) in [6.07, 6.45) is 3.36. The molecular weight excluding hydrogens is 438 g/mol. The number of hydrogen-bond acceptors (Lipinski definition) is 4. The van der Waals surface area contributed by atoms with Crippen molar-refractivity contribution in [2.45, 2.75) is 39.5 Å². The topological polar surface area (TPSA) is 70.5 Å². The van der Waals surface area contributed by atoms with Gasteiger partial charge in [0.1, 0.15) is 5.82 Å². The van der Waals surface area contributed by atoms with Crippen molar-refractivity contribution in [3.8, 4) is 0 Å². The number of rotatable bonds is 8. The summed E-state index contributed by atoms with van der Waals surface area (Å²) < 4.78 is 2.02. The van der Waals surface area contributed by atoms with Crippen molar-refractivity contribution >= 4 is 28.5 Å². The molecule has 1 aliphatic rings. The van der Waals surface area contributed by atoms with Crippen LogP contribution >= 0.6 is 0 Å². The van der Waals surface area contributed by atoms with Crippen LogP contribution in [0.1, 0.15) is 54.9 Å². The number of anilines is 1. The number of fused-ring (bicyclic) bond motifs is 1. The van der Waals surface area contributed by atoms with E-state index in [1.54, 1.807) is 0 Å². The summed E-state index contributed by atoms with van der Waals surface area (Å²) in [5.41, 5.74) is 3.88. The first-order valence-electron chi connectivity index (χ1n) is 12.7. The number of amides is 2. The van der Waals surface area contributed by atoms with Crippen LogP contribution in [0.15, 0.2) is 42.5 Å². The third kappa shape index (κ3) is 5.73. The molecule has 35 heavy (non-hydrogen) atoms. The number of nitrogens with one attached hydrogen (secondary N) is 1. The van der Waals surface area contributed by atoms with Gasteiger partial charge in [0.2, 0.25) is 5.91 Å². The van der Waals surface area contributed by atoms with Crippen molar-refractivity contribution in [3.63, 3.8) is 0 Å². The van der Waals surface area contributed by atoms with E-state index in [0.29, 0.717) is 30.0 Å². The number of benzene rings is 2.